The molecule has 0 fully saturated rings. The summed E-state index contributed by atoms with van der Waals surface area (Å²) in [6.07, 6.45) is 1.62. The van der Waals surface area contributed by atoms with Crippen molar-refractivity contribution in [2.75, 3.05) is 4.72 Å². The molecule has 26 heavy (non-hydrogen) atoms. The van der Waals surface area contributed by atoms with Gasteiger partial charge in [-0.25, -0.2) is 13.1 Å². The van der Waals surface area contributed by atoms with Crippen LogP contribution < -0.4 is 4.72 Å². The van der Waals surface area contributed by atoms with Crippen LogP contribution in [-0.4, -0.2) is 28.2 Å². The third kappa shape index (κ3) is 2.77. The Morgan fingerprint density at radius 2 is 1.96 bits per heavy atom. The zero-order valence-corrected chi connectivity index (χ0v) is 15.8. The number of aryl methyl sites for hydroxylation is 1. The lowest BCUT2D eigenvalue weighted by Crippen LogP contribution is -2.16. The van der Waals surface area contributed by atoms with Crippen molar-refractivity contribution >= 4 is 56.6 Å². The fourth-order valence-electron chi connectivity index (χ4n) is 2.59. The number of hydrogen-bond donors (Lipinski definition) is 2. The second kappa shape index (κ2) is 6.11. The zero-order chi connectivity index (χ0) is 18.5. The van der Waals surface area contributed by atoms with Crippen LogP contribution in [0.25, 0.3) is 16.4 Å². The number of hydrogen-bond acceptors (Lipinski definition) is 6. The van der Waals surface area contributed by atoms with Crippen molar-refractivity contribution < 1.29 is 8.42 Å². The number of thiol groups is 1. The van der Waals surface area contributed by atoms with E-state index in [2.05, 4.69) is 32.6 Å². The Morgan fingerprint density at radius 3 is 2.77 bits per heavy atom. The Balaban J connectivity index is 1.82. The standard InChI is InChI=1S/C16H12ClN5O2S2/c1-9-6-14(13(25)7-12(9)17)26(23,24)21-16-20-19-15-11-5-3-2-4-10(11)8-18-22(15)16/h2-8,25H,1H3,(H,20,21). The van der Waals surface area contributed by atoms with Crippen LogP contribution in [0.1, 0.15) is 5.56 Å². The fraction of sp³-hybridized carbons (Fsp3) is 0.0625. The lowest BCUT2D eigenvalue weighted by Gasteiger charge is -2.10. The Labute approximate surface area is 159 Å². The van der Waals surface area contributed by atoms with Crippen LogP contribution >= 0.6 is 24.2 Å². The number of nitrogens with one attached hydrogen (secondary N) is 1. The fourth-order valence-corrected chi connectivity index (χ4v) is 4.53. The van der Waals surface area contributed by atoms with Crippen LogP contribution in [0.4, 0.5) is 5.95 Å². The molecular formula is C16H12ClN5O2S2. The van der Waals surface area contributed by atoms with Crippen molar-refractivity contribution in [3.05, 3.63) is 53.2 Å². The van der Waals surface area contributed by atoms with Crippen LogP contribution in [0.5, 0.6) is 0 Å². The summed E-state index contributed by atoms with van der Waals surface area (Å²) < 4.78 is 29.3. The summed E-state index contributed by atoms with van der Waals surface area (Å²) in [5.41, 5.74) is 1.08. The van der Waals surface area contributed by atoms with Gasteiger partial charge in [-0.05, 0) is 24.6 Å². The molecular weight excluding hydrogens is 394 g/mol. The lowest BCUT2D eigenvalue weighted by atomic mass is 10.2. The van der Waals surface area contributed by atoms with E-state index in [1.807, 2.05) is 24.3 Å². The molecule has 1 N–H and O–H groups in total. The number of fused-ring (bicyclic) bond motifs is 3. The molecule has 4 rings (SSSR count). The Hall–Kier alpha value is -2.36. The van der Waals surface area contributed by atoms with Gasteiger partial charge in [-0.1, -0.05) is 35.9 Å². The highest BCUT2D eigenvalue weighted by Gasteiger charge is 2.22. The van der Waals surface area contributed by atoms with Gasteiger partial charge in [0.15, 0.2) is 5.65 Å². The summed E-state index contributed by atoms with van der Waals surface area (Å²) in [6, 6.07) is 10.5. The highest BCUT2D eigenvalue weighted by molar-refractivity contribution is 7.93. The summed E-state index contributed by atoms with van der Waals surface area (Å²) >= 11 is 10.2. The first-order valence-electron chi connectivity index (χ1n) is 7.48. The number of sulfonamides is 1. The van der Waals surface area contributed by atoms with Gasteiger partial charge in [-0.2, -0.15) is 9.61 Å². The molecule has 10 heteroatoms. The van der Waals surface area contributed by atoms with E-state index in [-0.39, 0.29) is 15.7 Å². The van der Waals surface area contributed by atoms with Crippen molar-refractivity contribution in [2.45, 2.75) is 16.7 Å². The minimum Gasteiger partial charge on any atom is -0.246 e. The number of rotatable bonds is 3. The summed E-state index contributed by atoms with van der Waals surface area (Å²) in [4.78, 5) is 0.237. The second-order valence-corrected chi connectivity index (χ2v) is 8.21. The maximum absolute atomic E-state index is 12.8. The highest BCUT2D eigenvalue weighted by Crippen LogP contribution is 2.28. The molecule has 0 atom stereocenters. The van der Waals surface area contributed by atoms with Crippen LogP contribution in [-0.2, 0) is 10.0 Å². The SMILES string of the molecule is Cc1cc(S(=O)(=O)Nc2nnc3c4ccccc4cnn23)c(S)cc1Cl. The van der Waals surface area contributed by atoms with Gasteiger partial charge in [-0.15, -0.1) is 22.8 Å². The minimum atomic E-state index is -3.95. The molecule has 0 unspecified atom stereocenters. The molecule has 7 nitrogen and oxygen atoms in total. The number of nitrogens with zero attached hydrogens (tertiary/aromatic N) is 4. The summed E-state index contributed by atoms with van der Waals surface area (Å²) in [5, 5.41) is 14.4. The summed E-state index contributed by atoms with van der Waals surface area (Å²) in [6.45, 7) is 1.72. The van der Waals surface area contributed by atoms with Crippen molar-refractivity contribution in [3.8, 4) is 0 Å². The number of halogens is 1. The average molecular weight is 406 g/mol. The van der Waals surface area contributed by atoms with Gasteiger partial charge in [0.25, 0.3) is 16.0 Å². The normalized spacial score (nSPS) is 12.0. The average Bonchev–Trinajstić information content (AvgIpc) is 3.00. The summed E-state index contributed by atoms with van der Waals surface area (Å²) in [5.74, 6) is -0.00825. The van der Waals surface area contributed by atoms with Gasteiger partial charge in [0.05, 0.1) is 6.20 Å². The minimum absolute atomic E-state index is 0.000252. The van der Waals surface area contributed by atoms with Gasteiger partial charge < -0.3 is 0 Å². The lowest BCUT2D eigenvalue weighted by molar-refractivity contribution is 0.598. The quantitative estimate of drug-likeness (QED) is 0.510. The third-order valence-electron chi connectivity index (χ3n) is 3.91. The molecule has 0 aliphatic rings. The second-order valence-electron chi connectivity index (χ2n) is 5.67. The zero-order valence-electron chi connectivity index (χ0n) is 13.4. The first-order valence-corrected chi connectivity index (χ1v) is 9.79. The van der Waals surface area contributed by atoms with Crippen molar-refractivity contribution in [1.82, 2.24) is 19.8 Å². The molecule has 0 amide bonds. The molecule has 2 aromatic heterocycles. The molecule has 0 saturated carbocycles. The Morgan fingerprint density at radius 1 is 1.19 bits per heavy atom. The largest absolute Gasteiger partial charge is 0.265 e. The first-order chi connectivity index (χ1) is 12.4. The molecule has 0 aliphatic heterocycles. The molecule has 2 aromatic carbocycles. The first kappa shape index (κ1) is 17.1. The van der Waals surface area contributed by atoms with E-state index in [1.165, 1.54) is 16.6 Å². The smallest absolute Gasteiger partial charge is 0.246 e. The van der Waals surface area contributed by atoms with Crippen molar-refractivity contribution in [1.29, 1.82) is 0 Å². The van der Waals surface area contributed by atoms with E-state index < -0.39 is 10.0 Å². The predicted octanol–water partition coefficient (Wildman–Crippen LogP) is 3.33. The van der Waals surface area contributed by atoms with Gasteiger partial charge in [0, 0.05) is 20.7 Å². The third-order valence-corrected chi connectivity index (χ3v) is 6.21. The molecule has 0 saturated heterocycles. The van der Waals surface area contributed by atoms with E-state index in [0.29, 0.717) is 16.2 Å². The van der Waals surface area contributed by atoms with Gasteiger partial charge in [-0.3, -0.25) is 0 Å². The van der Waals surface area contributed by atoms with Crippen LogP contribution in [0.15, 0.2) is 52.4 Å². The van der Waals surface area contributed by atoms with Gasteiger partial charge >= 0.3 is 0 Å². The maximum atomic E-state index is 12.8. The monoisotopic (exact) mass is 405 g/mol. The summed E-state index contributed by atoms with van der Waals surface area (Å²) in [7, 11) is -3.95. The van der Waals surface area contributed by atoms with E-state index in [9.17, 15) is 8.42 Å². The molecule has 4 aromatic rings. The Bertz CT molecular complexity index is 1270. The van der Waals surface area contributed by atoms with Crippen molar-refractivity contribution in [2.24, 2.45) is 0 Å². The number of aromatic nitrogens is 4. The molecule has 0 aliphatic carbocycles. The molecule has 0 bridgehead atoms. The molecule has 2 heterocycles. The molecule has 132 valence electrons. The van der Waals surface area contributed by atoms with Crippen molar-refractivity contribution in [3.63, 3.8) is 0 Å². The van der Waals surface area contributed by atoms with E-state index in [0.717, 1.165) is 10.8 Å². The van der Waals surface area contributed by atoms with E-state index in [1.54, 1.807) is 13.1 Å². The highest BCUT2D eigenvalue weighted by atomic mass is 35.5. The topological polar surface area (TPSA) is 89.2 Å². The Kier molecular flexibility index (Phi) is 4.02. The van der Waals surface area contributed by atoms with Gasteiger partial charge in [0.1, 0.15) is 4.90 Å². The van der Waals surface area contributed by atoms with Crippen LogP contribution in [0.2, 0.25) is 5.02 Å². The number of benzene rings is 2. The molecule has 0 spiro atoms. The van der Waals surface area contributed by atoms with Crippen LogP contribution in [0, 0.1) is 6.92 Å². The van der Waals surface area contributed by atoms with E-state index >= 15 is 0 Å². The van der Waals surface area contributed by atoms with Crippen LogP contribution in [0.3, 0.4) is 0 Å². The van der Waals surface area contributed by atoms with Gasteiger partial charge in [0.2, 0.25) is 0 Å². The predicted molar refractivity (Wildman–Crippen MR) is 103 cm³/mol. The van der Waals surface area contributed by atoms with E-state index in [4.69, 9.17) is 11.6 Å². The maximum Gasteiger partial charge on any atom is 0.265 e. The molecule has 0 radical (unpaired) electrons. The number of anilines is 1.